The highest BCUT2D eigenvalue weighted by molar-refractivity contribution is 14.1. The Morgan fingerprint density at radius 2 is 1.55 bits per heavy atom. The molecule has 0 unspecified atom stereocenters. The van der Waals surface area contributed by atoms with Crippen LogP contribution in [0.3, 0.4) is 0 Å². The van der Waals surface area contributed by atoms with E-state index in [1.807, 2.05) is 36.4 Å². The van der Waals surface area contributed by atoms with Gasteiger partial charge in [-0.2, -0.15) is 0 Å². The van der Waals surface area contributed by atoms with Gasteiger partial charge in [0.05, 0.1) is 26.7 Å². The van der Waals surface area contributed by atoms with Crippen LogP contribution < -0.4 is 14.2 Å². The van der Waals surface area contributed by atoms with Gasteiger partial charge in [0.2, 0.25) is 0 Å². The van der Waals surface area contributed by atoms with Crippen LogP contribution in [0.1, 0.15) is 0 Å². The average Bonchev–Trinajstić information content (AvgIpc) is 2.89. The first-order chi connectivity index (χ1) is 10.7. The molecular formula is C17H15IO4. The first-order valence-electron chi connectivity index (χ1n) is 6.66. The number of methoxy groups -OCH3 is 3. The van der Waals surface area contributed by atoms with Crippen LogP contribution in [0.2, 0.25) is 0 Å². The van der Waals surface area contributed by atoms with E-state index in [9.17, 15) is 0 Å². The third-order valence-electron chi connectivity index (χ3n) is 3.52. The number of hydrogen-bond donors (Lipinski definition) is 0. The second-order valence-corrected chi connectivity index (χ2v) is 5.66. The van der Waals surface area contributed by atoms with Gasteiger partial charge in [-0.1, -0.05) is 12.1 Å². The molecule has 22 heavy (non-hydrogen) atoms. The van der Waals surface area contributed by atoms with Gasteiger partial charge in [0, 0.05) is 40.3 Å². The zero-order chi connectivity index (χ0) is 15.7. The Labute approximate surface area is 142 Å². The Hall–Kier alpha value is -1.89. The maximum atomic E-state index is 5.89. The third-order valence-corrected chi connectivity index (χ3v) is 4.28. The van der Waals surface area contributed by atoms with E-state index in [1.54, 1.807) is 21.3 Å². The first kappa shape index (κ1) is 15.0. The molecule has 114 valence electrons. The molecule has 0 atom stereocenters. The maximum absolute atomic E-state index is 5.89. The van der Waals surface area contributed by atoms with Crippen molar-refractivity contribution in [3.05, 3.63) is 40.2 Å². The largest absolute Gasteiger partial charge is 0.497 e. The molecule has 3 rings (SSSR count). The highest BCUT2D eigenvalue weighted by atomic mass is 127. The first-order valence-corrected chi connectivity index (χ1v) is 7.74. The van der Waals surface area contributed by atoms with Crippen LogP contribution in [-0.2, 0) is 0 Å². The fourth-order valence-corrected chi connectivity index (χ4v) is 3.25. The molecule has 0 fully saturated rings. The maximum Gasteiger partial charge on any atom is 0.173 e. The van der Waals surface area contributed by atoms with Crippen molar-refractivity contribution in [1.29, 1.82) is 0 Å². The molecule has 0 saturated heterocycles. The van der Waals surface area contributed by atoms with E-state index in [4.69, 9.17) is 18.6 Å². The number of halogens is 1. The molecule has 0 radical (unpaired) electrons. The highest BCUT2D eigenvalue weighted by Crippen LogP contribution is 2.43. The summed E-state index contributed by atoms with van der Waals surface area (Å²) in [4.78, 5) is 0. The molecule has 1 aromatic heterocycles. The molecular weight excluding hydrogens is 395 g/mol. The summed E-state index contributed by atoms with van der Waals surface area (Å²) in [5.74, 6) is 2.25. The van der Waals surface area contributed by atoms with E-state index in [2.05, 4.69) is 22.6 Å². The van der Waals surface area contributed by atoms with Crippen molar-refractivity contribution in [3.63, 3.8) is 0 Å². The highest BCUT2D eigenvalue weighted by Gasteiger charge is 2.19. The summed E-state index contributed by atoms with van der Waals surface area (Å²) in [6, 6.07) is 11.6. The predicted octanol–water partition coefficient (Wildman–Crippen LogP) is 4.73. The summed E-state index contributed by atoms with van der Waals surface area (Å²) in [7, 11) is 4.92. The van der Waals surface area contributed by atoms with Gasteiger partial charge in [-0.15, -0.1) is 0 Å². The second-order valence-electron chi connectivity index (χ2n) is 4.68. The molecule has 5 heteroatoms. The molecule has 0 bridgehead atoms. The van der Waals surface area contributed by atoms with Gasteiger partial charge in [0.1, 0.15) is 22.8 Å². The lowest BCUT2D eigenvalue weighted by molar-refractivity contribution is 0.397. The van der Waals surface area contributed by atoms with Crippen molar-refractivity contribution in [3.8, 4) is 28.4 Å². The molecule has 4 nitrogen and oxygen atoms in total. The van der Waals surface area contributed by atoms with E-state index < -0.39 is 0 Å². The van der Waals surface area contributed by atoms with Crippen LogP contribution in [0.25, 0.3) is 22.1 Å². The van der Waals surface area contributed by atoms with E-state index in [-0.39, 0.29) is 0 Å². The minimum Gasteiger partial charge on any atom is -0.497 e. The lowest BCUT2D eigenvalue weighted by Gasteiger charge is -2.07. The van der Waals surface area contributed by atoms with Crippen LogP contribution in [-0.4, -0.2) is 21.3 Å². The third kappa shape index (κ3) is 2.49. The number of furan rings is 1. The molecule has 0 spiro atoms. The number of fused-ring (bicyclic) bond motifs is 1. The normalized spacial score (nSPS) is 10.7. The van der Waals surface area contributed by atoms with Gasteiger partial charge in [-0.25, -0.2) is 0 Å². The molecule has 0 saturated carbocycles. The van der Waals surface area contributed by atoms with Crippen LogP contribution in [0, 0.1) is 3.77 Å². The van der Waals surface area contributed by atoms with Crippen molar-refractivity contribution in [2.75, 3.05) is 21.3 Å². The summed E-state index contributed by atoms with van der Waals surface area (Å²) < 4.78 is 22.7. The lowest BCUT2D eigenvalue weighted by Crippen LogP contribution is -1.89. The Morgan fingerprint density at radius 1 is 0.864 bits per heavy atom. The fourth-order valence-electron chi connectivity index (χ4n) is 2.43. The second kappa shape index (κ2) is 6.08. The molecule has 0 amide bonds. The number of hydrogen-bond acceptors (Lipinski definition) is 4. The van der Waals surface area contributed by atoms with Gasteiger partial charge in [0.15, 0.2) is 3.77 Å². The Morgan fingerprint density at radius 3 is 2.14 bits per heavy atom. The SMILES string of the molecule is COc1ccc(-c2c(I)oc3cc(OC)cc(OC)c23)cc1. The van der Waals surface area contributed by atoms with Gasteiger partial charge < -0.3 is 18.6 Å². The lowest BCUT2D eigenvalue weighted by atomic mass is 10.0. The smallest absolute Gasteiger partial charge is 0.173 e. The Bertz CT molecular complexity index is 806. The number of ether oxygens (including phenoxy) is 3. The Kier molecular flexibility index (Phi) is 4.15. The van der Waals surface area contributed by atoms with Crippen molar-refractivity contribution < 1.29 is 18.6 Å². The number of benzene rings is 2. The zero-order valence-electron chi connectivity index (χ0n) is 12.5. The summed E-state index contributed by atoms with van der Waals surface area (Å²) in [5.41, 5.74) is 2.80. The van der Waals surface area contributed by atoms with E-state index >= 15 is 0 Å². The summed E-state index contributed by atoms with van der Waals surface area (Å²) in [5, 5.41) is 0.942. The van der Waals surface area contributed by atoms with E-state index in [0.29, 0.717) is 5.75 Å². The number of rotatable bonds is 4. The molecule has 3 aromatic rings. The monoisotopic (exact) mass is 410 g/mol. The quantitative estimate of drug-likeness (QED) is 0.584. The van der Waals surface area contributed by atoms with Crippen LogP contribution in [0.4, 0.5) is 0 Å². The van der Waals surface area contributed by atoms with Gasteiger partial charge >= 0.3 is 0 Å². The predicted molar refractivity (Wildman–Crippen MR) is 94.0 cm³/mol. The minimum absolute atomic E-state index is 0.704. The Balaban J connectivity index is 2.26. The fraction of sp³-hybridized carbons (Fsp3) is 0.176. The minimum atomic E-state index is 0.704. The topological polar surface area (TPSA) is 40.8 Å². The van der Waals surface area contributed by atoms with Crippen molar-refractivity contribution in [2.24, 2.45) is 0 Å². The van der Waals surface area contributed by atoms with Crippen LogP contribution >= 0.6 is 22.6 Å². The summed E-state index contributed by atoms with van der Waals surface area (Å²) >= 11 is 2.20. The van der Waals surface area contributed by atoms with E-state index in [1.165, 1.54) is 0 Å². The molecule has 0 aliphatic rings. The molecule has 2 aromatic carbocycles. The van der Waals surface area contributed by atoms with Gasteiger partial charge in [0.25, 0.3) is 0 Å². The summed E-state index contributed by atoms with van der Waals surface area (Å²) in [6.45, 7) is 0. The standard InChI is InChI=1S/C17H15IO4/c1-19-11-6-4-10(5-7-11)15-16-13(21-3)8-12(20-2)9-14(16)22-17(15)18/h4-9H,1-3H3. The van der Waals surface area contributed by atoms with E-state index in [0.717, 1.165) is 37.4 Å². The van der Waals surface area contributed by atoms with Crippen molar-refractivity contribution in [1.82, 2.24) is 0 Å². The molecule has 1 heterocycles. The molecule has 0 aliphatic carbocycles. The average molecular weight is 410 g/mol. The van der Waals surface area contributed by atoms with Crippen molar-refractivity contribution in [2.45, 2.75) is 0 Å². The summed E-state index contributed by atoms with van der Waals surface area (Å²) in [6.07, 6.45) is 0. The van der Waals surface area contributed by atoms with Crippen LogP contribution in [0.5, 0.6) is 17.2 Å². The molecule has 0 N–H and O–H groups in total. The van der Waals surface area contributed by atoms with Gasteiger partial charge in [-0.05, 0) is 17.7 Å². The van der Waals surface area contributed by atoms with Gasteiger partial charge in [-0.3, -0.25) is 0 Å². The molecule has 0 aliphatic heterocycles. The zero-order valence-corrected chi connectivity index (χ0v) is 14.6. The van der Waals surface area contributed by atoms with Crippen LogP contribution in [0.15, 0.2) is 40.8 Å². The van der Waals surface area contributed by atoms with Crippen molar-refractivity contribution >= 4 is 33.6 Å².